The van der Waals surface area contributed by atoms with E-state index in [1.165, 1.54) is 6.42 Å². The number of anilines is 1. The van der Waals surface area contributed by atoms with Crippen molar-refractivity contribution in [3.05, 3.63) is 15.8 Å². The predicted octanol–water partition coefficient (Wildman–Crippen LogP) is 3.44. The Balaban J connectivity index is 1.57. The van der Waals surface area contributed by atoms with Crippen LogP contribution in [-0.2, 0) is 9.53 Å². The summed E-state index contributed by atoms with van der Waals surface area (Å²) < 4.78 is 9.04. The summed E-state index contributed by atoms with van der Waals surface area (Å²) in [4.78, 5) is 19.3. The van der Waals surface area contributed by atoms with Crippen molar-refractivity contribution in [1.82, 2.24) is 14.8 Å². The summed E-state index contributed by atoms with van der Waals surface area (Å²) >= 11 is 2.37. The zero-order valence-electron chi connectivity index (χ0n) is 14.0. The molecule has 0 aromatic carbocycles. The number of rotatable bonds is 2. The molecule has 6 nitrogen and oxygen atoms in total. The van der Waals surface area contributed by atoms with E-state index in [0.29, 0.717) is 30.7 Å². The highest BCUT2D eigenvalue weighted by Crippen LogP contribution is 2.39. The predicted molar refractivity (Wildman–Crippen MR) is 103 cm³/mol. The molecule has 0 N–H and O–H groups in total. The van der Waals surface area contributed by atoms with Crippen molar-refractivity contribution in [2.24, 2.45) is 0 Å². The summed E-state index contributed by atoms with van der Waals surface area (Å²) in [6.45, 7) is 0.793. The molecule has 3 fully saturated rings. The van der Waals surface area contributed by atoms with Crippen molar-refractivity contribution < 1.29 is 9.53 Å². The lowest BCUT2D eigenvalue weighted by molar-refractivity contribution is -0.120. The quantitative estimate of drug-likeness (QED) is 0.654. The van der Waals surface area contributed by atoms with Gasteiger partial charge in [0.25, 0.3) is 0 Å². The largest absolute Gasteiger partial charge is 0.356 e. The molecule has 5 rings (SSSR count). The number of pyridine rings is 1. The van der Waals surface area contributed by atoms with Gasteiger partial charge in [-0.1, -0.05) is 0 Å². The molecule has 25 heavy (non-hydrogen) atoms. The van der Waals surface area contributed by atoms with E-state index in [-0.39, 0.29) is 6.23 Å². The number of ketones is 1. The number of carbonyl (C=O) groups is 1. The molecule has 5 heterocycles. The normalized spacial score (nSPS) is 29.6. The van der Waals surface area contributed by atoms with E-state index in [1.807, 2.05) is 10.9 Å². The second-order valence-electron chi connectivity index (χ2n) is 7.35. The first-order chi connectivity index (χ1) is 12.2. The van der Waals surface area contributed by atoms with Gasteiger partial charge >= 0.3 is 0 Å². The zero-order valence-corrected chi connectivity index (χ0v) is 16.2. The summed E-state index contributed by atoms with van der Waals surface area (Å²) in [7, 11) is 0. The number of halogens is 1. The van der Waals surface area contributed by atoms with Crippen LogP contribution in [-0.4, -0.2) is 39.2 Å². The van der Waals surface area contributed by atoms with Gasteiger partial charge in [-0.05, 0) is 60.8 Å². The molecule has 0 saturated carbocycles. The van der Waals surface area contributed by atoms with Gasteiger partial charge in [0, 0.05) is 35.1 Å². The highest BCUT2D eigenvalue weighted by Gasteiger charge is 2.41. The molecule has 0 spiro atoms. The number of carbonyl (C=O) groups excluding carboxylic acids is 1. The van der Waals surface area contributed by atoms with Crippen LogP contribution < -0.4 is 4.90 Å². The van der Waals surface area contributed by atoms with Gasteiger partial charge in [0.2, 0.25) is 0 Å². The SMILES string of the molecule is O=C1CC2CCC(C1)N2c1cc(I)c2cnn(C3CCCCO3)c2n1. The van der Waals surface area contributed by atoms with Crippen molar-refractivity contribution >= 4 is 45.2 Å². The maximum atomic E-state index is 11.9. The monoisotopic (exact) mass is 452 g/mol. The number of aromatic nitrogens is 3. The van der Waals surface area contributed by atoms with Gasteiger partial charge in [0.15, 0.2) is 11.9 Å². The van der Waals surface area contributed by atoms with Gasteiger partial charge in [-0.3, -0.25) is 4.79 Å². The van der Waals surface area contributed by atoms with E-state index in [0.717, 1.165) is 52.7 Å². The lowest BCUT2D eigenvalue weighted by Gasteiger charge is -2.35. The van der Waals surface area contributed by atoms with Crippen LogP contribution in [0.25, 0.3) is 11.0 Å². The van der Waals surface area contributed by atoms with E-state index in [2.05, 4.69) is 38.7 Å². The van der Waals surface area contributed by atoms with Gasteiger partial charge in [0.1, 0.15) is 11.6 Å². The molecular weight excluding hydrogens is 431 g/mol. The molecule has 132 valence electrons. The topological polar surface area (TPSA) is 60.2 Å². The summed E-state index contributed by atoms with van der Waals surface area (Å²) in [5, 5.41) is 5.67. The number of nitrogens with zero attached hydrogens (tertiary/aromatic N) is 4. The van der Waals surface area contributed by atoms with Crippen molar-refractivity contribution in [3.63, 3.8) is 0 Å². The van der Waals surface area contributed by atoms with Gasteiger partial charge in [-0.25, -0.2) is 9.67 Å². The molecule has 0 radical (unpaired) electrons. The second kappa shape index (κ2) is 6.19. The lowest BCUT2D eigenvalue weighted by atomic mass is 10.0. The molecule has 2 aromatic heterocycles. The minimum Gasteiger partial charge on any atom is -0.356 e. The van der Waals surface area contributed by atoms with E-state index >= 15 is 0 Å². The molecule has 3 aliphatic heterocycles. The Hall–Kier alpha value is -1.22. The fourth-order valence-corrected chi connectivity index (χ4v) is 5.23. The van der Waals surface area contributed by atoms with E-state index in [9.17, 15) is 4.79 Å². The first-order valence-electron chi connectivity index (χ1n) is 9.16. The zero-order chi connectivity index (χ0) is 17.0. The standard InChI is InChI=1S/C18H21IN4O2/c19-15-9-16(22-11-4-5-12(22)8-13(24)7-11)21-18-14(15)10-20-23(18)17-3-1-2-6-25-17/h9-12,17H,1-8H2. The summed E-state index contributed by atoms with van der Waals surface area (Å²) in [6.07, 6.45) is 8.69. The first-order valence-corrected chi connectivity index (χ1v) is 10.2. The lowest BCUT2D eigenvalue weighted by Crippen LogP contribution is -2.43. The van der Waals surface area contributed by atoms with Gasteiger partial charge < -0.3 is 9.64 Å². The minimum atomic E-state index is -0.00976. The van der Waals surface area contributed by atoms with E-state index < -0.39 is 0 Å². The summed E-state index contributed by atoms with van der Waals surface area (Å²) in [5.41, 5.74) is 0.908. The van der Waals surface area contributed by atoms with Gasteiger partial charge in [-0.2, -0.15) is 5.10 Å². The van der Waals surface area contributed by atoms with Gasteiger partial charge in [-0.15, -0.1) is 0 Å². The highest BCUT2D eigenvalue weighted by atomic mass is 127. The molecule has 7 heteroatoms. The van der Waals surface area contributed by atoms with Crippen LogP contribution >= 0.6 is 22.6 Å². The molecule has 3 saturated heterocycles. The first kappa shape index (κ1) is 16.0. The van der Waals surface area contributed by atoms with E-state index in [1.54, 1.807) is 0 Å². The number of fused-ring (bicyclic) bond motifs is 3. The molecule has 3 unspecified atom stereocenters. The number of hydrogen-bond donors (Lipinski definition) is 0. The fraction of sp³-hybridized carbons (Fsp3) is 0.611. The maximum Gasteiger partial charge on any atom is 0.163 e. The Kier molecular flexibility index (Phi) is 3.96. The smallest absolute Gasteiger partial charge is 0.163 e. The molecular formula is C18H21IN4O2. The Morgan fingerprint density at radius 3 is 2.68 bits per heavy atom. The van der Waals surface area contributed by atoms with Crippen molar-refractivity contribution in [3.8, 4) is 0 Å². The summed E-state index contributed by atoms with van der Waals surface area (Å²) in [5.74, 6) is 1.40. The molecule has 3 atom stereocenters. The molecule has 3 aliphatic rings. The Morgan fingerprint density at radius 2 is 1.96 bits per heavy atom. The number of hydrogen-bond acceptors (Lipinski definition) is 5. The number of piperidine rings is 1. The number of Topliss-reactive ketones (excluding diaryl/α,β-unsaturated/α-hetero) is 1. The van der Waals surface area contributed by atoms with Crippen LogP contribution in [0.15, 0.2) is 12.3 Å². The maximum absolute atomic E-state index is 11.9. The van der Waals surface area contributed by atoms with Crippen LogP contribution in [0.1, 0.15) is 51.2 Å². The molecule has 0 amide bonds. The van der Waals surface area contributed by atoms with Crippen LogP contribution in [0.5, 0.6) is 0 Å². The van der Waals surface area contributed by atoms with Crippen molar-refractivity contribution in [2.45, 2.75) is 63.3 Å². The number of ether oxygens (including phenoxy) is 1. The Labute approximate surface area is 160 Å². The van der Waals surface area contributed by atoms with Crippen LogP contribution in [0.2, 0.25) is 0 Å². The molecule has 2 bridgehead atoms. The van der Waals surface area contributed by atoms with Crippen LogP contribution in [0, 0.1) is 3.57 Å². The van der Waals surface area contributed by atoms with Crippen LogP contribution in [0.3, 0.4) is 0 Å². The molecule has 0 aliphatic carbocycles. The van der Waals surface area contributed by atoms with Crippen molar-refractivity contribution in [1.29, 1.82) is 0 Å². The third-order valence-corrected chi connectivity index (χ3v) is 6.63. The average molecular weight is 452 g/mol. The summed E-state index contributed by atoms with van der Waals surface area (Å²) in [6, 6.07) is 2.78. The Morgan fingerprint density at radius 1 is 1.16 bits per heavy atom. The third kappa shape index (κ3) is 2.66. The third-order valence-electron chi connectivity index (χ3n) is 5.74. The highest BCUT2D eigenvalue weighted by molar-refractivity contribution is 14.1. The minimum absolute atomic E-state index is 0.00976. The van der Waals surface area contributed by atoms with E-state index in [4.69, 9.17) is 9.72 Å². The second-order valence-corrected chi connectivity index (χ2v) is 8.51. The Bertz CT molecular complexity index is 814. The average Bonchev–Trinajstić information content (AvgIpc) is 3.15. The van der Waals surface area contributed by atoms with Crippen molar-refractivity contribution in [2.75, 3.05) is 11.5 Å². The fourth-order valence-electron chi connectivity index (χ4n) is 4.57. The van der Waals surface area contributed by atoms with Gasteiger partial charge in [0.05, 0.1) is 11.6 Å². The molecule has 2 aromatic rings. The van der Waals surface area contributed by atoms with Crippen LogP contribution in [0.4, 0.5) is 5.82 Å².